The molecule has 0 aliphatic carbocycles. The topological polar surface area (TPSA) is 65.7 Å². The van der Waals surface area contributed by atoms with Crippen molar-refractivity contribution in [3.8, 4) is 0 Å². The summed E-state index contributed by atoms with van der Waals surface area (Å²) >= 11 is 1.71. The highest BCUT2D eigenvalue weighted by molar-refractivity contribution is 7.07. The van der Waals surface area contributed by atoms with E-state index in [2.05, 4.69) is 4.98 Å². The van der Waals surface area contributed by atoms with E-state index in [-0.39, 0.29) is 5.56 Å². The van der Waals surface area contributed by atoms with E-state index in [4.69, 9.17) is 0 Å². The molecule has 0 fully saturated rings. The van der Waals surface area contributed by atoms with Crippen LogP contribution < -0.4 is 11.2 Å². The molecule has 0 radical (unpaired) electrons. The van der Waals surface area contributed by atoms with Crippen LogP contribution in [0.3, 0.4) is 0 Å². The van der Waals surface area contributed by atoms with E-state index in [0.717, 1.165) is 0 Å². The van der Waals surface area contributed by atoms with Crippen molar-refractivity contribution in [2.24, 2.45) is 0 Å². The second-order valence-corrected chi connectivity index (χ2v) is 2.91. The first-order valence-electron chi connectivity index (χ1n) is 3.54. The van der Waals surface area contributed by atoms with Gasteiger partial charge in [0.1, 0.15) is 0 Å². The minimum atomic E-state index is -0.475. The third-order valence-corrected chi connectivity index (χ3v) is 1.74. The zero-order valence-corrected chi connectivity index (χ0v) is 7.51. The van der Waals surface area contributed by atoms with Gasteiger partial charge in [0.15, 0.2) is 0 Å². The molecule has 0 aliphatic heterocycles. The van der Waals surface area contributed by atoms with Gasteiger partial charge in [0.2, 0.25) is 0 Å². The van der Waals surface area contributed by atoms with Crippen molar-refractivity contribution in [1.82, 2.24) is 9.97 Å². The lowest BCUT2D eigenvalue weighted by Crippen LogP contribution is -2.19. The molecule has 2 aromatic rings. The van der Waals surface area contributed by atoms with Gasteiger partial charge in [-0.2, -0.15) is 11.3 Å². The average Bonchev–Trinajstić information content (AvgIpc) is 2.59. The predicted octanol–water partition coefficient (Wildman–Crippen LogP) is 0.811. The first-order chi connectivity index (χ1) is 6.29. The molecule has 2 N–H and O–H groups in total. The Morgan fingerprint density at radius 2 is 1.85 bits per heavy atom. The maximum Gasteiger partial charge on any atom is 0.325 e. The summed E-state index contributed by atoms with van der Waals surface area (Å²) in [5.41, 5.74) is -0.855. The average molecular weight is 196 g/mol. The summed E-state index contributed by atoms with van der Waals surface area (Å²) in [5, 5.41) is 4.08. The lowest BCUT2D eigenvalue weighted by Gasteiger charge is -1.75. The van der Waals surface area contributed by atoms with Gasteiger partial charge < -0.3 is 4.98 Å². The summed E-state index contributed by atoms with van der Waals surface area (Å²) in [6.45, 7) is 0. The molecule has 13 heavy (non-hydrogen) atoms. The number of hydrogen-bond donors (Lipinski definition) is 2. The van der Waals surface area contributed by atoms with Crippen molar-refractivity contribution in [2.75, 3.05) is 0 Å². The van der Waals surface area contributed by atoms with E-state index in [1.54, 1.807) is 11.3 Å². The van der Waals surface area contributed by atoms with E-state index in [0.29, 0.717) is 0 Å². The summed E-state index contributed by atoms with van der Waals surface area (Å²) in [7, 11) is 0. The monoisotopic (exact) mass is 196 g/mol. The fourth-order valence-electron chi connectivity index (χ4n) is 0.609. The first kappa shape index (κ1) is 9.47. The highest BCUT2D eigenvalue weighted by Crippen LogP contribution is 1.91. The smallest absolute Gasteiger partial charge is 0.314 e. The molecule has 68 valence electrons. The van der Waals surface area contributed by atoms with Gasteiger partial charge in [-0.1, -0.05) is 12.1 Å². The SMILES string of the molecule is O=c1cc[nH]c(=O)[nH]1.c1ccsc1. The Hall–Kier alpha value is -1.62. The molecule has 2 heterocycles. The van der Waals surface area contributed by atoms with Gasteiger partial charge in [-0.25, -0.2) is 4.79 Å². The van der Waals surface area contributed by atoms with Gasteiger partial charge >= 0.3 is 5.69 Å². The number of aromatic nitrogens is 2. The second kappa shape index (κ2) is 5.10. The van der Waals surface area contributed by atoms with Gasteiger partial charge in [0, 0.05) is 12.3 Å². The van der Waals surface area contributed by atoms with Crippen LogP contribution in [0.15, 0.2) is 44.7 Å². The van der Waals surface area contributed by atoms with E-state index < -0.39 is 5.69 Å². The molecule has 0 spiro atoms. The van der Waals surface area contributed by atoms with Crippen molar-refractivity contribution in [3.63, 3.8) is 0 Å². The Bertz CT molecular complexity index is 387. The highest BCUT2D eigenvalue weighted by Gasteiger charge is 1.77. The third kappa shape index (κ3) is 4.07. The third-order valence-electron chi connectivity index (χ3n) is 1.11. The summed E-state index contributed by atoms with van der Waals surface area (Å²) in [6, 6.07) is 5.27. The van der Waals surface area contributed by atoms with Crippen LogP contribution in [-0.4, -0.2) is 9.97 Å². The number of thiophene rings is 1. The zero-order valence-electron chi connectivity index (χ0n) is 6.69. The molecule has 0 amide bonds. The van der Waals surface area contributed by atoms with Crippen LogP contribution in [-0.2, 0) is 0 Å². The molecule has 0 saturated carbocycles. The largest absolute Gasteiger partial charge is 0.325 e. The van der Waals surface area contributed by atoms with E-state index in [1.807, 2.05) is 27.9 Å². The molecular weight excluding hydrogens is 188 g/mol. The van der Waals surface area contributed by atoms with Crippen LogP contribution in [0.2, 0.25) is 0 Å². The minimum Gasteiger partial charge on any atom is -0.314 e. The number of H-pyrrole nitrogens is 2. The Kier molecular flexibility index (Phi) is 3.72. The Morgan fingerprint density at radius 3 is 2.15 bits per heavy atom. The van der Waals surface area contributed by atoms with Crippen LogP contribution in [0.4, 0.5) is 0 Å². The Morgan fingerprint density at radius 1 is 1.15 bits per heavy atom. The van der Waals surface area contributed by atoms with E-state index in [1.165, 1.54) is 12.3 Å². The van der Waals surface area contributed by atoms with Gasteiger partial charge in [0.25, 0.3) is 5.56 Å². The summed E-state index contributed by atoms with van der Waals surface area (Å²) in [5.74, 6) is 0. The number of aromatic amines is 2. The number of nitrogens with one attached hydrogen (secondary N) is 2. The minimum absolute atomic E-state index is 0.381. The van der Waals surface area contributed by atoms with Crippen molar-refractivity contribution in [2.45, 2.75) is 0 Å². The van der Waals surface area contributed by atoms with Crippen molar-refractivity contribution < 1.29 is 0 Å². The molecule has 0 saturated heterocycles. The Labute approximate surface area is 77.9 Å². The highest BCUT2D eigenvalue weighted by atomic mass is 32.1. The second-order valence-electron chi connectivity index (χ2n) is 2.09. The van der Waals surface area contributed by atoms with Crippen molar-refractivity contribution >= 4 is 11.3 Å². The quantitative estimate of drug-likeness (QED) is 0.654. The van der Waals surface area contributed by atoms with Gasteiger partial charge in [-0.05, 0) is 10.8 Å². The van der Waals surface area contributed by atoms with Crippen LogP contribution in [0, 0.1) is 0 Å². The normalized spacial score (nSPS) is 8.62. The van der Waals surface area contributed by atoms with Crippen LogP contribution in [0.5, 0.6) is 0 Å². The maximum absolute atomic E-state index is 10.2. The standard InChI is InChI=1S/C4H4N2O2.C4H4S/c7-3-1-2-5-4(8)6-3;1-2-4-5-3-1/h1-2H,(H2,5,6,7,8);1-4H. The first-order valence-corrected chi connectivity index (χ1v) is 4.48. The number of rotatable bonds is 0. The van der Waals surface area contributed by atoms with Crippen LogP contribution >= 0.6 is 11.3 Å². The van der Waals surface area contributed by atoms with Gasteiger partial charge in [-0.15, -0.1) is 0 Å². The molecule has 0 aromatic carbocycles. The van der Waals surface area contributed by atoms with Gasteiger partial charge in [0.05, 0.1) is 0 Å². The molecule has 0 bridgehead atoms. The molecule has 2 aromatic heterocycles. The Balaban J connectivity index is 0.000000145. The molecular formula is C8H8N2O2S. The summed E-state index contributed by atoms with van der Waals surface area (Å²) in [4.78, 5) is 24.7. The van der Waals surface area contributed by atoms with Crippen molar-refractivity contribution in [3.05, 3.63) is 56.0 Å². The summed E-state index contributed by atoms with van der Waals surface area (Å²) in [6.07, 6.45) is 1.29. The lowest BCUT2D eigenvalue weighted by atomic mass is 10.7. The van der Waals surface area contributed by atoms with Crippen LogP contribution in [0.25, 0.3) is 0 Å². The van der Waals surface area contributed by atoms with Crippen LogP contribution in [0.1, 0.15) is 0 Å². The van der Waals surface area contributed by atoms with E-state index >= 15 is 0 Å². The molecule has 2 rings (SSSR count). The van der Waals surface area contributed by atoms with Gasteiger partial charge in [-0.3, -0.25) is 9.78 Å². The molecule has 4 nitrogen and oxygen atoms in total. The maximum atomic E-state index is 10.2. The fourth-order valence-corrected chi connectivity index (χ4v) is 1.06. The molecule has 5 heteroatoms. The molecule has 0 atom stereocenters. The predicted molar refractivity (Wildman–Crippen MR) is 52.0 cm³/mol. The zero-order chi connectivity index (χ0) is 9.52. The molecule has 0 aliphatic rings. The van der Waals surface area contributed by atoms with E-state index in [9.17, 15) is 9.59 Å². The molecule has 0 unspecified atom stereocenters. The fraction of sp³-hybridized carbons (Fsp3) is 0. The van der Waals surface area contributed by atoms with Crippen molar-refractivity contribution in [1.29, 1.82) is 0 Å². The lowest BCUT2D eigenvalue weighted by molar-refractivity contribution is 1.04. The number of hydrogen-bond acceptors (Lipinski definition) is 3. The summed E-state index contributed by atoms with van der Waals surface area (Å²) < 4.78 is 0.